The number of allylic oxidation sites excluding steroid dienone is 1. The fraction of sp³-hybridized carbons (Fsp3) is 0.300. The summed E-state index contributed by atoms with van der Waals surface area (Å²) in [6, 6.07) is 8.61. The molecule has 4 rings (SSSR count). The number of aromatic nitrogens is 2. The fourth-order valence-corrected chi connectivity index (χ4v) is 4.33. The van der Waals surface area contributed by atoms with E-state index in [0.29, 0.717) is 0 Å². The van der Waals surface area contributed by atoms with Gasteiger partial charge in [0.2, 0.25) is 0 Å². The molecular weight excluding hydrogens is 316 g/mol. The smallest absolute Gasteiger partial charge is 0.262 e. The molecule has 1 aliphatic rings. The van der Waals surface area contributed by atoms with Crippen LogP contribution >= 0.6 is 11.3 Å². The number of hydrogen-bond acceptors (Lipinski definition) is 3. The first-order chi connectivity index (χ1) is 11.6. The van der Waals surface area contributed by atoms with Crippen molar-refractivity contribution in [3.05, 3.63) is 62.0 Å². The van der Waals surface area contributed by atoms with Crippen LogP contribution in [0.25, 0.3) is 21.9 Å². The lowest BCUT2D eigenvalue weighted by Crippen LogP contribution is -2.20. The van der Waals surface area contributed by atoms with E-state index < -0.39 is 0 Å². The monoisotopic (exact) mass is 336 g/mol. The maximum atomic E-state index is 12.8. The van der Waals surface area contributed by atoms with Crippen molar-refractivity contribution in [1.82, 2.24) is 9.55 Å². The van der Waals surface area contributed by atoms with Crippen LogP contribution < -0.4 is 5.56 Å². The third-order valence-corrected chi connectivity index (χ3v) is 6.01. The number of thiophene rings is 1. The molecule has 4 heteroatoms. The van der Waals surface area contributed by atoms with Gasteiger partial charge in [0, 0.05) is 11.4 Å². The van der Waals surface area contributed by atoms with Gasteiger partial charge in [-0.05, 0) is 55.0 Å². The second kappa shape index (κ2) is 5.71. The Morgan fingerprint density at radius 3 is 2.71 bits per heavy atom. The highest BCUT2D eigenvalue weighted by Crippen LogP contribution is 2.31. The third kappa shape index (κ3) is 2.33. The zero-order chi connectivity index (χ0) is 16.8. The second-order valence-corrected chi connectivity index (χ2v) is 7.57. The Labute approximate surface area is 145 Å². The van der Waals surface area contributed by atoms with Crippen LogP contribution in [-0.4, -0.2) is 9.55 Å². The highest BCUT2D eigenvalue weighted by Gasteiger charge is 2.23. The summed E-state index contributed by atoms with van der Waals surface area (Å²) >= 11 is 1.62. The molecule has 0 fully saturated rings. The molecule has 0 unspecified atom stereocenters. The number of rotatable bonds is 2. The van der Waals surface area contributed by atoms with Gasteiger partial charge in [-0.1, -0.05) is 31.2 Å². The number of fused-ring (bicyclic) bond motifs is 2. The summed E-state index contributed by atoms with van der Waals surface area (Å²) in [5.74, 6) is 0.841. The van der Waals surface area contributed by atoms with Crippen molar-refractivity contribution in [2.45, 2.75) is 40.2 Å². The van der Waals surface area contributed by atoms with E-state index in [1.54, 1.807) is 11.3 Å². The molecule has 0 saturated carbocycles. The molecule has 122 valence electrons. The predicted molar refractivity (Wildman–Crippen MR) is 102 cm³/mol. The quantitative estimate of drug-likeness (QED) is 0.686. The molecule has 2 aromatic heterocycles. The van der Waals surface area contributed by atoms with E-state index in [2.05, 4.69) is 44.2 Å². The Morgan fingerprint density at radius 2 is 2.00 bits per heavy atom. The molecule has 0 atom stereocenters. The number of benzene rings is 1. The van der Waals surface area contributed by atoms with Crippen molar-refractivity contribution in [3.8, 4) is 0 Å². The minimum atomic E-state index is 0.113. The van der Waals surface area contributed by atoms with Crippen molar-refractivity contribution < 1.29 is 0 Å². The predicted octanol–water partition coefficient (Wildman–Crippen LogP) is 4.58. The summed E-state index contributed by atoms with van der Waals surface area (Å²) in [6.45, 7) is 6.96. The Hall–Kier alpha value is -2.20. The van der Waals surface area contributed by atoms with Crippen LogP contribution in [0.2, 0.25) is 0 Å². The van der Waals surface area contributed by atoms with Gasteiger partial charge in [-0.2, -0.15) is 0 Å². The van der Waals surface area contributed by atoms with Crippen molar-refractivity contribution in [2.24, 2.45) is 0 Å². The average Bonchev–Trinajstić information content (AvgIpc) is 3.11. The van der Waals surface area contributed by atoms with Crippen molar-refractivity contribution >= 4 is 33.2 Å². The molecule has 0 saturated heterocycles. The van der Waals surface area contributed by atoms with Gasteiger partial charge >= 0.3 is 0 Å². The zero-order valence-corrected chi connectivity index (χ0v) is 15.0. The molecule has 0 spiro atoms. The molecule has 0 radical (unpaired) electrons. The van der Waals surface area contributed by atoms with E-state index in [0.717, 1.165) is 46.6 Å². The molecule has 1 aromatic carbocycles. The molecule has 1 aliphatic heterocycles. The molecule has 0 aliphatic carbocycles. The fourth-order valence-electron chi connectivity index (χ4n) is 3.31. The van der Waals surface area contributed by atoms with E-state index in [1.807, 2.05) is 11.5 Å². The lowest BCUT2D eigenvalue weighted by atomic mass is 10.1. The Kier molecular flexibility index (Phi) is 3.65. The van der Waals surface area contributed by atoms with Gasteiger partial charge in [-0.3, -0.25) is 9.36 Å². The van der Waals surface area contributed by atoms with E-state index in [9.17, 15) is 4.79 Å². The lowest BCUT2D eigenvalue weighted by molar-refractivity contribution is 0.726. The van der Waals surface area contributed by atoms with Crippen LogP contribution in [0.15, 0.2) is 29.1 Å². The zero-order valence-electron chi connectivity index (χ0n) is 14.2. The van der Waals surface area contributed by atoms with Gasteiger partial charge in [-0.15, -0.1) is 11.3 Å². The Balaban J connectivity index is 1.85. The Morgan fingerprint density at radius 1 is 1.25 bits per heavy atom. The molecule has 0 bridgehead atoms. The molecule has 0 N–H and O–H groups in total. The second-order valence-electron chi connectivity index (χ2n) is 6.37. The van der Waals surface area contributed by atoms with Gasteiger partial charge in [0.1, 0.15) is 10.7 Å². The SMILES string of the molecule is CCc1ccc(/C=C2\CCn3c2nc2sc(C)c(C)c2c3=O)cc1. The van der Waals surface area contributed by atoms with Crippen LogP contribution in [0, 0.1) is 13.8 Å². The first kappa shape index (κ1) is 15.3. The van der Waals surface area contributed by atoms with E-state index >= 15 is 0 Å². The number of aryl methyl sites for hydroxylation is 3. The van der Waals surface area contributed by atoms with Gasteiger partial charge < -0.3 is 0 Å². The summed E-state index contributed by atoms with van der Waals surface area (Å²) in [7, 11) is 0. The highest BCUT2D eigenvalue weighted by atomic mass is 32.1. The van der Waals surface area contributed by atoms with Crippen LogP contribution in [0.1, 0.15) is 40.7 Å². The standard InChI is InChI=1S/C20H20N2OS/c1-4-14-5-7-15(8-6-14)11-16-9-10-22-18(16)21-19-17(20(22)23)12(2)13(3)24-19/h5-8,11H,4,9-10H2,1-3H3/b16-11+. The first-order valence-corrected chi connectivity index (χ1v) is 9.20. The third-order valence-electron chi connectivity index (χ3n) is 4.91. The lowest BCUT2D eigenvalue weighted by Gasteiger charge is -2.04. The van der Waals surface area contributed by atoms with Crippen LogP contribution in [0.4, 0.5) is 0 Å². The van der Waals surface area contributed by atoms with E-state index in [4.69, 9.17) is 4.98 Å². The highest BCUT2D eigenvalue weighted by molar-refractivity contribution is 7.18. The van der Waals surface area contributed by atoms with Crippen molar-refractivity contribution in [3.63, 3.8) is 0 Å². The summed E-state index contributed by atoms with van der Waals surface area (Å²) in [6.07, 6.45) is 4.09. The molecule has 3 nitrogen and oxygen atoms in total. The average molecular weight is 336 g/mol. The normalized spacial score (nSPS) is 15.4. The van der Waals surface area contributed by atoms with Crippen LogP contribution in [0.3, 0.4) is 0 Å². The van der Waals surface area contributed by atoms with Crippen molar-refractivity contribution in [1.29, 1.82) is 0 Å². The van der Waals surface area contributed by atoms with E-state index in [1.165, 1.54) is 16.0 Å². The van der Waals surface area contributed by atoms with Gasteiger partial charge in [-0.25, -0.2) is 4.98 Å². The van der Waals surface area contributed by atoms with Crippen molar-refractivity contribution in [2.75, 3.05) is 0 Å². The molecule has 3 heterocycles. The molecular formula is C20H20N2OS. The maximum absolute atomic E-state index is 12.8. The maximum Gasteiger partial charge on any atom is 0.262 e. The van der Waals surface area contributed by atoms with Crippen LogP contribution in [0.5, 0.6) is 0 Å². The summed E-state index contributed by atoms with van der Waals surface area (Å²) in [5, 5.41) is 0.801. The van der Waals surface area contributed by atoms with Gasteiger partial charge in [0.05, 0.1) is 5.39 Å². The van der Waals surface area contributed by atoms with Gasteiger partial charge in [0.15, 0.2) is 0 Å². The number of nitrogens with zero attached hydrogens (tertiary/aromatic N) is 2. The number of hydrogen-bond donors (Lipinski definition) is 0. The molecule has 3 aromatic rings. The largest absolute Gasteiger partial charge is 0.292 e. The molecule has 0 amide bonds. The van der Waals surface area contributed by atoms with Crippen LogP contribution in [-0.2, 0) is 13.0 Å². The van der Waals surface area contributed by atoms with Gasteiger partial charge in [0.25, 0.3) is 5.56 Å². The summed E-state index contributed by atoms with van der Waals surface area (Å²) < 4.78 is 1.84. The minimum absolute atomic E-state index is 0.113. The minimum Gasteiger partial charge on any atom is -0.292 e. The topological polar surface area (TPSA) is 34.9 Å². The van der Waals surface area contributed by atoms with E-state index in [-0.39, 0.29) is 5.56 Å². The summed E-state index contributed by atoms with van der Waals surface area (Å²) in [5.41, 5.74) is 4.85. The molecule has 24 heavy (non-hydrogen) atoms. The Bertz CT molecular complexity index is 1020. The first-order valence-electron chi connectivity index (χ1n) is 8.39. The summed E-state index contributed by atoms with van der Waals surface area (Å²) in [4.78, 5) is 19.7.